The van der Waals surface area contributed by atoms with E-state index in [1.165, 1.54) is 0 Å². The van der Waals surface area contributed by atoms with E-state index in [2.05, 4.69) is 0 Å². The number of Topliss-reactive ketones (excluding diaryl/α,β-unsaturated/α-hetero) is 2. The SMILES string of the molecule is C[C@]12CCC(=O)C[C@]1(O)[C@@H](O)C[C@@H]1[C@@H]2[C@@H]2C[C@]3(C(O)O2)[C@@H](C(=O)CO)CC[C@@H]13. The fourth-order valence-electron chi connectivity index (χ4n) is 8.31. The van der Waals surface area contributed by atoms with Gasteiger partial charge in [0.05, 0.1) is 12.2 Å². The van der Waals surface area contributed by atoms with Crippen LogP contribution >= 0.6 is 0 Å². The Hall–Kier alpha value is -0.860. The maximum absolute atomic E-state index is 12.5. The summed E-state index contributed by atoms with van der Waals surface area (Å²) >= 11 is 0. The molecule has 1 unspecified atom stereocenters. The number of aliphatic hydroxyl groups is 4. The van der Waals surface area contributed by atoms with Gasteiger partial charge in [-0.3, -0.25) is 9.59 Å². The standard InChI is InChI=1S/C21H30O7/c1-19-5-4-10(23)7-21(19,27)16(25)6-11-12-2-3-13(14(24)9-22)20(12)8-15(17(11)19)28-18(20)26/h11-13,15-18,22,25-27H,2-9H2,1H3/t11-,12-,13+,15-,16-,17+,18?,19+,20+,21-/m0/s1. The van der Waals surface area contributed by atoms with Crippen molar-refractivity contribution in [1.82, 2.24) is 0 Å². The summed E-state index contributed by atoms with van der Waals surface area (Å²) in [5.41, 5.74) is -2.86. The van der Waals surface area contributed by atoms with Crippen LogP contribution in [0.25, 0.3) is 0 Å². The minimum absolute atomic E-state index is 0.000373. The van der Waals surface area contributed by atoms with Gasteiger partial charge in [0.25, 0.3) is 0 Å². The molecule has 7 nitrogen and oxygen atoms in total. The van der Waals surface area contributed by atoms with E-state index in [0.717, 1.165) is 6.42 Å². The number of ketones is 2. The van der Waals surface area contributed by atoms with Crippen molar-refractivity contribution in [1.29, 1.82) is 0 Å². The highest BCUT2D eigenvalue weighted by Crippen LogP contribution is 2.72. The molecule has 5 fully saturated rings. The maximum Gasteiger partial charge on any atom is 0.162 e. The number of carbonyl (C=O) groups is 2. The average Bonchev–Trinajstić information content (AvgIpc) is 3.17. The molecule has 7 heteroatoms. The first-order valence-electron chi connectivity index (χ1n) is 10.6. The minimum atomic E-state index is -1.47. The largest absolute Gasteiger partial charge is 0.390 e. The molecule has 10 atom stereocenters. The molecule has 1 heterocycles. The van der Waals surface area contributed by atoms with Crippen molar-refractivity contribution in [3.05, 3.63) is 0 Å². The third-order valence-corrected chi connectivity index (χ3v) is 9.51. The van der Waals surface area contributed by atoms with Crippen molar-refractivity contribution in [3.8, 4) is 0 Å². The highest BCUT2D eigenvalue weighted by atomic mass is 16.6. The smallest absolute Gasteiger partial charge is 0.162 e. The van der Waals surface area contributed by atoms with Crippen LogP contribution in [-0.2, 0) is 14.3 Å². The first-order chi connectivity index (χ1) is 13.2. The van der Waals surface area contributed by atoms with Crippen LogP contribution in [0.1, 0.15) is 51.9 Å². The van der Waals surface area contributed by atoms with E-state index in [-0.39, 0.29) is 41.8 Å². The van der Waals surface area contributed by atoms with Crippen LogP contribution < -0.4 is 0 Å². The van der Waals surface area contributed by atoms with Gasteiger partial charge in [0.1, 0.15) is 18.0 Å². The van der Waals surface area contributed by atoms with Gasteiger partial charge in [0.2, 0.25) is 0 Å². The Balaban J connectivity index is 1.59. The van der Waals surface area contributed by atoms with E-state index in [4.69, 9.17) is 4.74 Å². The van der Waals surface area contributed by atoms with Gasteiger partial charge < -0.3 is 25.2 Å². The van der Waals surface area contributed by atoms with E-state index >= 15 is 0 Å². The number of carbonyl (C=O) groups excluding carboxylic acids is 2. The zero-order valence-electron chi connectivity index (χ0n) is 16.2. The number of hydrogen-bond donors (Lipinski definition) is 4. The van der Waals surface area contributed by atoms with E-state index in [9.17, 15) is 30.0 Å². The number of ether oxygens (including phenoxy) is 1. The Morgan fingerprint density at radius 1 is 1.29 bits per heavy atom. The molecular weight excluding hydrogens is 364 g/mol. The molecule has 0 radical (unpaired) electrons. The zero-order valence-corrected chi connectivity index (χ0v) is 16.2. The van der Waals surface area contributed by atoms with Crippen molar-refractivity contribution < 1.29 is 34.8 Å². The molecule has 1 spiro atoms. The quantitative estimate of drug-likeness (QED) is 0.526. The molecule has 1 saturated heterocycles. The molecule has 2 bridgehead atoms. The van der Waals surface area contributed by atoms with Crippen LogP contribution in [0.5, 0.6) is 0 Å². The zero-order chi connectivity index (χ0) is 20.1. The Kier molecular flexibility index (Phi) is 4.00. The Morgan fingerprint density at radius 3 is 2.75 bits per heavy atom. The Morgan fingerprint density at radius 2 is 2.04 bits per heavy atom. The van der Waals surface area contributed by atoms with Gasteiger partial charge in [0, 0.05) is 29.6 Å². The molecule has 0 aromatic carbocycles. The molecule has 1 aliphatic heterocycles. The van der Waals surface area contributed by atoms with Crippen LogP contribution in [0.4, 0.5) is 0 Å². The van der Waals surface area contributed by atoms with Crippen molar-refractivity contribution in [2.45, 2.75) is 76.0 Å². The Labute approximate surface area is 164 Å². The van der Waals surface area contributed by atoms with Gasteiger partial charge in [-0.05, 0) is 49.9 Å². The molecular formula is C21H30O7. The van der Waals surface area contributed by atoms with Crippen LogP contribution in [0.15, 0.2) is 0 Å². The summed E-state index contributed by atoms with van der Waals surface area (Å²) in [6, 6.07) is 0. The van der Waals surface area contributed by atoms with Gasteiger partial charge in [-0.1, -0.05) is 6.92 Å². The molecule has 4 saturated carbocycles. The lowest BCUT2D eigenvalue weighted by Crippen LogP contribution is -2.70. The lowest BCUT2D eigenvalue weighted by Gasteiger charge is -2.64. The minimum Gasteiger partial charge on any atom is -0.390 e. The molecule has 0 amide bonds. The highest BCUT2D eigenvalue weighted by Gasteiger charge is 2.75. The van der Waals surface area contributed by atoms with Crippen molar-refractivity contribution in [2.24, 2.45) is 34.5 Å². The predicted octanol–water partition coefficient (Wildman–Crippen LogP) is 0.169. The summed E-state index contributed by atoms with van der Waals surface area (Å²) in [6.07, 6.45) is 0.666. The van der Waals surface area contributed by atoms with Crippen LogP contribution in [0.3, 0.4) is 0 Å². The van der Waals surface area contributed by atoms with E-state index in [0.29, 0.717) is 32.1 Å². The summed E-state index contributed by atoms with van der Waals surface area (Å²) in [6.45, 7) is 1.43. The molecule has 0 aromatic heterocycles. The van der Waals surface area contributed by atoms with Crippen molar-refractivity contribution in [2.75, 3.05) is 6.61 Å². The van der Waals surface area contributed by atoms with E-state index in [1.807, 2.05) is 6.92 Å². The van der Waals surface area contributed by atoms with Crippen LogP contribution in [0.2, 0.25) is 0 Å². The fraction of sp³-hybridized carbons (Fsp3) is 0.905. The summed E-state index contributed by atoms with van der Waals surface area (Å²) in [4.78, 5) is 24.6. The summed E-state index contributed by atoms with van der Waals surface area (Å²) in [5, 5.41) is 42.8. The van der Waals surface area contributed by atoms with Gasteiger partial charge in [0.15, 0.2) is 12.1 Å². The third-order valence-electron chi connectivity index (χ3n) is 9.51. The first kappa shape index (κ1) is 19.1. The number of rotatable bonds is 2. The van der Waals surface area contributed by atoms with Gasteiger partial charge in [-0.15, -0.1) is 0 Å². The second-order valence-corrected chi connectivity index (χ2v) is 10.2. The molecule has 28 heavy (non-hydrogen) atoms. The lowest BCUT2D eigenvalue weighted by molar-refractivity contribution is -0.255. The highest BCUT2D eigenvalue weighted by molar-refractivity contribution is 5.83. The maximum atomic E-state index is 12.5. The second-order valence-electron chi connectivity index (χ2n) is 10.2. The molecule has 5 aliphatic rings. The van der Waals surface area contributed by atoms with Crippen molar-refractivity contribution >= 4 is 11.6 Å². The van der Waals surface area contributed by atoms with Crippen LogP contribution in [0, 0.1) is 34.5 Å². The third kappa shape index (κ3) is 2.02. The summed E-state index contributed by atoms with van der Waals surface area (Å²) < 4.78 is 6.05. The number of fused-ring (bicyclic) bond motifs is 6. The second kappa shape index (κ2) is 5.85. The van der Waals surface area contributed by atoms with E-state index < -0.39 is 41.3 Å². The molecule has 156 valence electrons. The monoisotopic (exact) mass is 394 g/mol. The van der Waals surface area contributed by atoms with Gasteiger partial charge in [-0.25, -0.2) is 0 Å². The predicted molar refractivity (Wildman–Crippen MR) is 95.8 cm³/mol. The molecule has 4 N–H and O–H groups in total. The van der Waals surface area contributed by atoms with Gasteiger partial charge >= 0.3 is 0 Å². The molecule has 0 aromatic rings. The van der Waals surface area contributed by atoms with Crippen molar-refractivity contribution in [3.63, 3.8) is 0 Å². The average molecular weight is 394 g/mol. The first-order valence-corrected chi connectivity index (χ1v) is 10.6. The lowest BCUT2D eigenvalue weighted by atomic mass is 9.42. The Bertz CT molecular complexity index is 724. The molecule has 5 rings (SSSR count). The van der Waals surface area contributed by atoms with E-state index in [1.54, 1.807) is 0 Å². The normalized spacial score (nSPS) is 57.5. The molecule has 4 aliphatic carbocycles. The fourth-order valence-corrected chi connectivity index (χ4v) is 8.31. The topological polar surface area (TPSA) is 124 Å². The van der Waals surface area contributed by atoms with Crippen LogP contribution in [-0.4, -0.2) is 62.7 Å². The summed E-state index contributed by atoms with van der Waals surface area (Å²) in [7, 11) is 0. The number of hydrogen-bond acceptors (Lipinski definition) is 7. The van der Waals surface area contributed by atoms with Gasteiger partial charge in [-0.2, -0.15) is 0 Å². The summed E-state index contributed by atoms with van der Waals surface area (Å²) in [5.74, 6) is -0.758. The number of aliphatic hydroxyl groups excluding tert-OH is 3.